The maximum Gasteiger partial charge on any atom is 0.239 e. The van der Waals surface area contributed by atoms with Crippen LogP contribution in [-0.2, 0) is 4.79 Å². The van der Waals surface area contributed by atoms with Crippen molar-refractivity contribution in [2.45, 2.75) is 19.8 Å². The van der Waals surface area contributed by atoms with Crippen molar-refractivity contribution < 1.29 is 4.79 Å². The van der Waals surface area contributed by atoms with E-state index in [2.05, 4.69) is 29.1 Å². The number of amides is 1. The quantitative estimate of drug-likeness (QED) is 0.923. The van der Waals surface area contributed by atoms with Crippen LogP contribution in [-0.4, -0.2) is 41.4 Å². The van der Waals surface area contributed by atoms with Crippen LogP contribution in [0, 0.1) is 0 Å². The van der Waals surface area contributed by atoms with Crippen LogP contribution in [0.2, 0.25) is 0 Å². The summed E-state index contributed by atoms with van der Waals surface area (Å²) in [5.74, 6) is 0.941. The van der Waals surface area contributed by atoms with Crippen molar-refractivity contribution in [1.82, 2.24) is 14.9 Å². The first-order valence-corrected chi connectivity index (χ1v) is 7.70. The summed E-state index contributed by atoms with van der Waals surface area (Å²) >= 11 is 1.50. The van der Waals surface area contributed by atoms with Crippen LogP contribution < -0.4 is 5.32 Å². The van der Waals surface area contributed by atoms with Gasteiger partial charge in [0.1, 0.15) is 10.8 Å². The molecule has 0 bridgehead atoms. The first-order valence-electron chi connectivity index (χ1n) is 6.82. The molecular weight excluding hydrogens is 284 g/mol. The smallest absolute Gasteiger partial charge is 0.239 e. The molecule has 0 unspecified atom stereocenters. The van der Waals surface area contributed by atoms with E-state index in [0.29, 0.717) is 18.3 Å². The van der Waals surface area contributed by atoms with Crippen LogP contribution in [0.15, 0.2) is 23.7 Å². The van der Waals surface area contributed by atoms with Gasteiger partial charge in [-0.15, -0.1) is 11.3 Å². The Labute approximate surface area is 129 Å². The van der Waals surface area contributed by atoms with E-state index in [1.807, 2.05) is 42.7 Å². The molecule has 2 aromatic heterocycles. The summed E-state index contributed by atoms with van der Waals surface area (Å²) in [4.78, 5) is 22.4. The molecule has 2 aromatic rings. The number of carbonyl (C=O) groups excluding carboxylic acids is 1. The van der Waals surface area contributed by atoms with Crippen LogP contribution in [0.5, 0.6) is 0 Å². The summed E-state index contributed by atoms with van der Waals surface area (Å²) in [7, 11) is 3.71. The van der Waals surface area contributed by atoms with Crippen molar-refractivity contribution >= 4 is 23.1 Å². The number of hydrogen-bond donors (Lipinski definition) is 1. The van der Waals surface area contributed by atoms with Gasteiger partial charge in [0, 0.05) is 22.8 Å². The Kier molecular flexibility index (Phi) is 5.03. The number of nitrogens with one attached hydrogen (secondary N) is 1. The number of aromatic nitrogens is 2. The van der Waals surface area contributed by atoms with E-state index >= 15 is 0 Å². The maximum absolute atomic E-state index is 11.7. The normalized spacial score (nSPS) is 11.1. The number of carbonyl (C=O) groups is 1. The lowest BCUT2D eigenvalue weighted by Gasteiger charge is -2.08. The number of hydrogen-bond acceptors (Lipinski definition) is 5. The summed E-state index contributed by atoms with van der Waals surface area (Å²) in [6.45, 7) is 4.57. The molecule has 1 N–H and O–H groups in total. The van der Waals surface area contributed by atoms with Gasteiger partial charge in [0.15, 0.2) is 0 Å². The van der Waals surface area contributed by atoms with Gasteiger partial charge in [0.25, 0.3) is 0 Å². The number of pyridine rings is 1. The van der Waals surface area contributed by atoms with E-state index in [4.69, 9.17) is 0 Å². The van der Waals surface area contributed by atoms with Crippen LogP contribution in [0.4, 0.5) is 5.82 Å². The van der Waals surface area contributed by atoms with Crippen molar-refractivity contribution in [2.75, 3.05) is 26.0 Å². The molecule has 0 radical (unpaired) electrons. The lowest BCUT2D eigenvalue weighted by molar-refractivity contribution is -0.116. The molecule has 0 aliphatic rings. The largest absolute Gasteiger partial charge is 0.309 e. The predicted molar refractivity (Wildman–Crippen MR) is 86.6 cm³/mol. The summed E-state index contributed by atoms with van der Waals surface area (Å²) < 4.78 is 0. The standard InChI is InChI=1S/C15H20N4OS/c1-10(2)12-6-5-11(7-16-12)15-18-13(9-21-15)17-14(20)8-19(3)4/h5-7,9-10H,8H2,1-4H3,(H,17,20). The van der Waals surface area contributed by atoms with Crippen molar-refractivity contribution in [3.05, 3.63) is 29.4 Å². The lowest BCUT2D eigenvalue weighted by atomic mass is 10.1. The first kappa shape index (κ1) is 15.6. The van der Waals surface area contributed by atoms with E-state index in [9.17, 15) is 4.79 Å². The van der Waals surface area contributed by atoms with Crippen molar-refractivity contribution in [3.63, 3.8) is 0 Å². The fourth-order valence-corrected chi connectivity index (χ4v) is 2.55. The summed E-state index contributed by atoms with van der Waals surface area (Å²) in [5.41, 5.74) is 2.03. The first-order chi connectivity index (χ1) is 9.95. The van der Waals surface area contributed by atoms with E-state index in [1.54, 1.807) is 0 Å². The molecule has 21 heavy (non-hydrogen) atoms. The molecule has 0 spiro atoms. The molecule has 0 fully saturated rings. The van der Waals surface area contributed by atoms with Gasteiger partial charge >= 0.3 is 0 Å². The Morgan fingerprint density at radius 2 is 2.14 bits per heavy atom. The minimum Gasteiger partial charge on any atom is -0.309 e. The molecule has 2 rings (SSSR count). The zero-order valence-electron chi connectivity index (χ0n) is 12.8. The van der Waals surface area contributed by atoms with Crippen LogP contribution in [0.1, 0.15) is 25.5 Å². The summed E-state index contributed by atoms with van der Waals surface area (Å²) in [5, 5.41) is 5.50. The molecule has 0 aliphatic carbocycles. The summed E-state index contributed by atoms with van der Waals surface area (Å²) in [6.07, 6.45) is 1.83. The Balaban J connectivity index is 2.07. The van der Waals surface area contributed by atoms with Gasteiger partial charge in [-0.2, -0.15) is 0 Å². The molecule has 112 valence electrons. The second-order valence-corrected chi connectivity index (χ2v) is 6.31. The average Bonchev–Trinajstić information content (AvgIpc) is 2.86. The minimum absolute atomic E-state index is 0.0647. The highest BCUT2D eigenvalue weighted by Crippen LogP contribution is 2.26. The molecule has 6 heteroatoms. The average molecular weight is 304 g/mol. The van der Waals surface area contributed by atoms with Gasteiger partial charge in [0.05, 0.1) is 6.54 Å². The Bertz CT molecular complexity index is 604. The number of likely N-dealkylation sites (N-methyl/N-ethyl adjacent to an activating group) is 1. The summed E-state index contributed by atoms with van der Waals surface area (Å²) in [6, 6.07) is 4.04. The Morgan fingerprint density at radius 3 is 2.71 bits per heavy atom. The number of nitrogens with zero attached hydrogens (tertiary/aromatic N) is 3. The van der Waals surface area contributed by atoms with Crippen LogP contribution >= 0.6 is 11.3 Å². The molecular formula is C15H20N4OS. The van der Waals surface area contributed by atoms with E-state index in [1.165, 1.54) is 11.3 Å². The monoisotopic (exact) mass is 304 g/mol. The maximum atomic E-state index is 11.7. The molecule has 5 nitrogen and oxygen atoms in total. The topological polar surface area (TPSA) is 58.1 Å². The molecule has 0 aliphatic heterocycles. The fraction of sp³-hybridized carbons (Fsp3) is 0.400. The number of rotatable bonds is 5. The third-order valence-electron chi connectivity index (χ3n) is 2.86. The SMILES string of the molecule is CC(C)c1ccc(-c2nc(NC(=O)CN(C)C)cs2)cn1. The third kappa shape index (κ3) is 4.34. The molecule has 0 saturated carbocycles. The number of thiazole rings is 1. The molecule has 0 saturated heterocycles. The van der Waals surface area contributed by atoms with Gasteiger partial charge in [-0.1, -0.05) is 13.8 Å². The second kappa shape index (κ2) is 6.78. The van der Waals surface area contributed by atoms with Crippen LogP contribution in [0.3, 0.4) is 0 Å². The highest BCUT2D eigenvalue weighted by molar-refractivity contribution is 7.13. The molecule has 0 atom stereocenters. The third-order valence-corrected chi connectivity index (χ3v) is 3.75. The van der Waals surface area contributed by atoms with Gasteiger partial charge in [0.2, 0.25) is 5.91 Å². The van der Waals surface area contributed by atoms with Gasteiger partial charge in [-0.3, -0.25) is 9.78 Å². The Hall–Kier alpha value is -1.79. The van der Waals surface area contributed by atoms with Gasteiger partial charge < -0.3 is 10.2 Å². The zero-order valence-corrected chi connectivity index (χ0v) is 13.6. The molecule has 0 aromatic carbocycles. The highest BCUT2D eigenvalue weighted by Gasteiger charge is 2.09. The van der Waals surface area contributed by atoms with E-state index in [0.717, 1.165) is 16.3 Å². The molecule has 1 amide bonds. The Morgan fingerprint density at radius 1 is 1.38 bits per heavy atom. The van der Waals surface area contributed by atoms with Gasteiger partial charge in [-0.25, -0.2) is 4.98 Å². The van der Waals surface area contributed by atoms with E-state index in [-0.39, 0.29) is 5.91 Å². The van der Waals surface area contributed by atoms with Crippen molar-refractivity contribution in [3.8, 4) is 10.6 Å². The van der Waals surface area contributed by atoms with Crippen molar-refractivity contribution in [1.29, 1.82) is 0 Å². The van der Waals surface area contributed by atoms with Gasteiger partial charge in [-0.05, 0) is 32.1 Å². The fourth-order valence-electron chi connectivity index (χ4n) is 1.81. The number of anilines is 1. The predicted octanol–water partition coefficient (Wildman–Crippen LogP) is 2.83. The lowest BCUT2D eigenvalue weighted by Crippen LogP contribution is -2.27. The molecule has 2 heterocycles. The van der Waals surface area contributed by atoms with E-state index < -0.39 is 0 Å². The zero-order chi connectivity index (χ0) is 15.4. The second-order valence-electron chi connectivity index (χ2n) is 5.45. The van der Waals surface area contributed by atoms with Crippen LogP contribution in [0.25, 0.3) is 10.6 Å². The van der Waals surface area contributed by atoms with Crippen molar-refractivity contribution in [2.24, 2.45) is 0 Å². The minimum atomic E-state index is -0.0647. The highest BCUT2D eigenvalue weighted by atomic mass is 32.1.